The van der Waals surface area contributed by atoms with Crippen LogP contribution in [-0.4, -0.2) is 42.0 Å². The summed E-state index contributed by atoms with van der Waals surface area (Å²) in [4.78, 5) is 19.4. The summed E-state index contributed by atoms with van der Waals surface area (Å²) in [5.41, 5.74) is 1.26. The minimum absolute atomic E-state index is 0.0964. The molecule has 17 heavy (non-hydrogen) atoms. The molecule has 0 aromatic carbocycles. The Kier molecular flexibility index (Phi) is 2.96. The molecule has 0 radical (unpaired) electrons. The molecule has 5 nitrogen and oxygen atoms in total. The van der Waals surface area contributed by atoms with Crippen LogP contribution in [0, 0.1) is 11.3 Å². The second-order valence-electron chi connectivity index (χ2n) is 4.25. The Bertz CT molecular complexity index is 480. The van der Waals surface area contributed by atoms with Crippen molar-refractivity contribution in [2.24, 2.45) is 0 Å². The van der Waals surface area contributed by atoms with Crippen LogP contribution >= 0.6 is 0 Å². The highest BCUT2D eigenvalue weighted by atomic mass is 16.2. The molecule has 1 atom stereocenters. The molecule has 5 heteroatoms. The van der Waals surface area contributed by atoms with Crippen LogP contribution in [0.3, 0.4) is 0 Å². The van der Waals surface area contributed by atoms with Crippen molar-refractivity contribution >= 4 is 11.6 Å². The van der Waals surface area contributed by atoms with E-state index in [0.29, 0.717) is 12.2 Å². The number of piperazine rings is 1. The third kappa shape index (κ3) is 2.21. The molecular weight excluding hydrogens is 216 g/mol. The Morgan fingerprint density at radius 3 is 3.00 bits per heavy atom. The van der Waals surface area contributed by atoms with E-state index in [4.69, 9.17) is 5.26 Å². The van der Waals surface area contributed by atoms with Crippen molar-refractivity contribution in [1.29, 1.82) is 5.26 Å². The first-order valence-corrected chi connectivity index (χ1v) is 5.48. The summed E-state index contributed by atoms with van der Waals surface area (Å²) in [7, 11) is 1.82. The molecule has 2 rings (SSSR count). The number of nitrogens with zero attached hydrogens (tertiary/aromatic N) is 4. The van der Waals surface area contributed by atoms with Crippen LogP contribution in [0.15, 0.2) is 18.3 Å². The van der Waals surface area contributed by atoms with Gasteiger partial charge in [0.05, 0.1) is 6.54 Å². The number of aromatic nitrogens is 1. The first-order valence-electron chi connectivity index (χ1n) is 5.48. The van der Waals surface area contributed by atoms with Crippen LogP contribution in [0.5, 0.6) is 0 Å². The minimum Gasteiger partial charge on any atom is -0.360 e. The van der Waals surface area contributed by atoms with Gasteiger partial charge in [0.1, 0.15) is 11.8 Å². The number of carbonyl (C=O) groups is 1. The van der Waals surface area contributed by atoms with Gasteiger partial charge in [-0.3, -0.25) is 4.79 Å². The van der Waals surface area contributed by atoms with E-state index in [1.165, 1.54) is 0 Å². The molecule has 0 bridgehead atoms. The van der Waals surface area contributed by atoms with E-state index in [1.54, 1.807) is 17.2 Å². The fourth-order valence-corrected chi connectivity index (χ4v) is 1.90. The summed E-state index contributed by atoms with van der Waals surface area (Å²) in [5.74, 6) is 0.0964. The molecular formula is C12H14N4O. The zero-order valence-electron chi connectivity index (χ0n) is 9.92. The maximum absolute atomic E-state index is 11.7. The van der Waals surface area contributed by atoms with Crippen molar-refractivity contribution in [3.63, 3.8) is 0 Å². The number of pyridine rings is 1. The largest absolute Gasteiger partial charge is 0.360 e. The van der Waals surface area contributed by atoms with Crippen molar-refractivity contribution in [1.82, 2.24) is 9.88 Å². The van der Waals surface area contributed by atoms with E-state index in [0.717, 1.165) is 12.2 Å². The van der Waals surface area contributed by atoms with Gasteiger partial charge in [0.15, 0.2) is 0 Å². The lowest BCUT2D eigenvalue weighted by atomic mass is 10.1. The molecule has 0 saturated carbocycles. The monoisotopic (exact) mass is 230 g/mol. The molecule has 0 aliphatic carbocycles. The number of nitriles is 1. The SMILES string of the molecule is CC1CN(c2ccnc(C#N)c2)CC(=O)N1C. The maximum atomic E-state index is 11.7. The van der Waals surface area contributed by atoms with Crippen molar-refractivity contribution in [2.45, 2.75) is 13.0 Å². The van der Waals surface area contributed by atoms with E-state index in [2.05, 4.69) is 4.98 Å². The molecule has 0 spiro atoms. The Morgan fingerprint density at radius 2 is 2.35 bits per heavy atom. The molecule has 1 fully saturated rings. The third-order valence-electron chi connectivity index (χ3n) is 3.09. The zero-order chi connectivity index (χ0) is 12.4. The Balaban J connectivity index is 2.23. The van der Waals surface area contributed by atoms with Crippen molar-refractivity contribution in [3.05, 3.63) is 24.0 Å². The Morgan fingerprint density at radius 1 is 1.59 bits per heavy atom. The predicted octanol–water partition coefficient (Wildman–Crippen LogP) is 0.620. The summed E-state index contributed by atoms with van der Waals surface area (Å²) >= 11 is 0. The van der Waals surface area contributed by atoms with E-state index < -0.39 is 0 Å². The fraction of sp³-hybridized carbons (Fsp3) is 0.417. The molecule has 1 aromatic heterocycles. The van der Waals surface area contributed by atoms with Gasteiger partial charge >= 0.3 is 0 Å². The lowest BCUT2D eigenvalue weighted by Crippen LogP contribution is -2.53. The lowest BCUT2D eigenvalue weighted by molar-refractivity contribution is -0.131. The number of likely N-dealkylation sites (N-methyl/N-ethyl adjacent to an activating group) is 1. The lowest BCUT2D eigenvalue weighted by Gasteiger charge is -2.38. The van der Waals surface area contributed by atoms with Crippen LogP contribution in [0.1, 0.15) is 12.6 Å². The van der Waals surface area contributed by atoms with Crippen molar-refractivity contribution in [3.8, 4) is 6.07 Å². The van der Waals surface area contributed by atoms with Crippen molar-refractivity contribution < 1.29 is 4.79 Å². The summed E-state index contributed by atoms with van der Waals surface area (Å²) in [6.07, 6.45) is 1.60. The van der Waals surface area contributed by atoms with E-state index in [1.807, 2.05) is 31.0 Å². The van der Waals surface area contributed by atoms with E-state index >= 15 is 0 Å². The van der Waals surface area contributed by atoms with E-state index in [9.17, 15) is 4.79 Å². The molecule has 1 amide bonds. The molecule has 1 aliphatic rings. The number of hydrogen-bond donors (Lipinski definition) is 0. The number of amides is 1. The third-order valence-corrected chi connectivity index (χ3v) is 3.09. The summed E-state index contributed by atoms with van der Waals surface area (Å²) < 4.78 is 0. The first-order chi connectivity index (χ1) is 8.11. The van der Waals surface area contributed by atoms with Gasteiger partial charge in [-0.05, 0) is 19.1 Å². The summed E-state index contributed by atoms with van der Waals surface area (Å²) in [5, 5.41) is 8.80. The van der Waals surface area contributed by atoms with E-state index in [-0.39, 0.29) is 11.9 Å². The second-order valence-corrected chi connectivity index (χ2v) is 4.25. The van der Waals surface area contributed by atoms with Crippen LogP contribution in [-0.2, 0) is 4.79 Å². The summed E-state index contributed by atoms with van der Waals surface area (Å²) in [6.45, 7) is 3.14. The number of carbonyl (C=O) groups excluding carboxylic acids is 1. The Labute approximate surface area is 100 Å². The van der Waals surface area contributed by atoms with Crippen LogP contribution in [0.4, 0.5) is 5.69 Å². The first kappa shape index (κ1) is 11.4. The highest BCUT2D eigenvalue weighted by Gasteiger charge is 2.27. The smallest absolute Gasteiger partial charge is 0.242 e. The minimum atomic E-state index is 0.0964. The number of hydrogen-bond acceptors (Lipinski definition) is 4. The van der Waals surface area contributed by atoms with Crippen molar-refractivity contribution in [2.75, 3.05) is 25.0 Å². The average Bonchev–Trinajstić information content (AvgIpc) is 2.35. The molecule has 1 aromatic rings. The number of rotatable bonds is 1. The molecule has 1 unspecified atom stereocenters. The quantitative estimate of drug-likeness (QED) is 0.709. The van der Waals surface area contributed by atoms with Crippen LogP contribution in [0.2, 0.25) is 0 Å². The van der Waals surface area contributed by atoms with Gasteiger partial charge in [-0.1, -0.05) is 0 Å². The van der Waals surface area contributed by atoms with Gasteiger partial charge in [0, 0.05) is 31.5 Å². The summed E-state index contributed by atoms with van der Waals surface area (Å²) in [6, 6.07) is 5.72. The standard InChI is InChI=1S/C12H14N4O/c1-9-7-16(8-12(17)15(9)2)11-3-4-14-10(5-11)6-13/h3-5,9H,7-8H2,1-2H3. The van der Waals surface area contributed by atoms with Gasteiger partial charge < -0.3 is 9.80 Å². The van der Waals surface area contributed by atoms with Gasteiger partial charge in [-0.15, -0.1) is 0 Å². The normalized spacial score (nSPS) is 20.3. The maximum Gasteiger partial charge on any atom is 0.242 e. The Hall–Kier alpha value is -2.09. The molecule has 1 aliphatic heterocycles. The van der Waals surface area contributed by atoms with Gasteiger partial charge in [-0.25, -0.2) is 4.98 Å². The predicted molar refractivity (Wildman–Crippen MR) is 63.4 cm³/mol. The van der Waals surface area contributed by atoms with Crippen LogP contribution < -0.4 is 4.90 Å². The van der Waals surface area contributed by atoms with Gasteiger partial charge in [0.25, 0.3) is 0 Å². The molecule has 2 heterocycles. The topological polar surface area (TPSA) is 60.2 Å². The molecule has 0 N–H and O–H groups in total. The average molecular weight is 230 g/mol. The fourth-order valence-electron chi connectivity index (χ4n) is 1.90. The highest BCUT2D eigenvalue weighted by molar-refractivity contribution is 5.83. The van der Waals surface area contributed by atoms with Gasteiger partial charge in [0.2, 0.25) is 5.91 Å². The highest BCUT2D eigenvalue weighted by Crippen LogP contribution is 2.19. The molecule has 1 saturated heterocycles. The second kappa shape index (κ2) is 4.42. The number of anilines is 1. The molecule has 88 valence electrons. The van der Waals surface area contributed by atoms with Gasteiger partial charge in [-0.2, -0.15) is 5.26 Å². The zero-order valence-corrected chi connectivity index (χ0v) is 9.92. The van der Waals surface area contributed by atoms with Crippen LogP contribution in [0.25, 0.3) is 0 Å².